The van der Waals surface area contributed by atoms with Crippen LogP contribution >= 0.6 is 11.6 Å². The number of nitrogens with two attached hydrogens (primary N) is 1. The quantitative estimate of drug-likeness (QED) is 0.756. The number of ether oxygens (including phenoxy) is 1. The monoisotopic (exact) mass is 316 g/mol. The zero-order valence-corrected chi connectivity index (χ0v) is 13.9. The van der Waals surface area contributed by atoms with E-state index in [9.17, 15) is 4.39 Å². The van der Waals surface area contributed by atoms with Crippen LogP contribution < -0.4 is 5.73 Å². The van der Waals surface area contributed by atoms with E-state index in [2.05, 4.69) is 18.7 Å². The van der Waals surface area contributed by atoms with Gasteiger partial charge in [-0.2, -0.15) is 0 Å². The predicted molar refractivity (Wildman–Crippen MR) is 86.2 cm³/mol. The third-order valence-corrected chi connectivity index (χ3v) is 4.22. The van der Waals surface area contributed by atoms with Gasteiger partial charge in [-0.05, 0) is 18.9 Å². The highest BCUT2D eigenvalue weighted by Crippen LogP contribution is 2.29. The molecule has 1 unspecified atom stereocenters. The van der Waals surface area contributed by atoms with Crippen molar-refractivity contribution in [3.8, 4) is 0 Å². The van der Waals surface area contributed by atoms with Crippen molar-refractivity contribution < 1.29 is 9.13 Å². The number of hydrogen-bond donors (Lipinski definition) is 1. The molecule has 120 valence electrons. The first-order valence-corrected chi connectivity index (χ1v) is 7.87. The van der Waals surface area contributed by atoms with Crippen molar-refractivity contribution in [2.75, 3.05) is 26.8 Å². The lowest BCUT2D eigenvalue weighted by Gasteiger charge is -2.37. The second-order valence-corrected chi connectivity index (χ2v) is 5.50. The van der Waals surface area contributed by atoms with E-state index < -0.39 is 0 Å². The minimum absolute atomic E-state index is 0.141. The molecule has 0 bridgehead atoms. The normalized spacial score (nSPS) is 13.1. The summed E-state index contributed by atoms with van der Waals surface area (Å²) >= 11 is 5.91. The molecular weight excluding hydrogens is 291 g/mol. The van der Waals surface area contributed by atoms with Gasteiger partial charge in [-0.25, -0.2) is 4.39 Å². The Hall–Kier alpha value is -0.680. The average molecular weight is 317 g/mol. The summed E-state index contributed by atoms with van der Waals surface area (Å²) in [5, 5.41) is 0.141. The fourth-order valence-electron chi connectivity index (χ4n) is 2.77. The van der Waals surface area contributed by atoms with E-state index in [1.54, 1.807) is 25.3 Å². The summed E-state index contributed by atoms with van der Waals surface area (Å²) in [6.45, 7) is 5.93. The second-order valence-electron chi connectivity index (χ2n) is 5.10. The van der Waals surface area contributed by atoms with Crippen LogP contribution in [0.15, 0.2) is 18.2 Å². The van der Waals surface area contributed by atoms with Crippen molar-refractivity contribution >= 4 is 11.6 Å². The van der Waals surface area contributed by atoms with E-state index in [-0.39, 0.29) is 16.9 Å². The first-order chi connectivity index (χ1) is 10.1. The van der Waals surface area contributed by atoms with Crippen molar-refractivity contribution in [2.45, 2.75) is 38.8 Å². The van der Waals surface area contributed by atoms with Crippen LogP contribution in [0.5, 0.6) is 0 Å². The average Bonchev–Trinajstić information content (AvgIpc) is 2.50. The molecule has 3 nitrogen and oxygen atoms in total. The van der Waals surface area contributed by atoms with Gasteiger partial charge < -0.3 is 10.5 Å². The molecule has 2 N–H and O–H groups in total. The highest BCUT2D eigenvalue weighted by Gasteiger charge is 2.27. The standard InChI is InChI=1S/C16H26ClFN2O/c1-4-12(5-2)20(9-10-21-3)15(11-19)13-7-6-8-14(17)16(13)18/h6-8,12,15H,4-5,9-11,19H2,1-3H3. The molecular formula is C16H26ClFN2O. The SMILES string of the molecule is CCC(CC)N(CCOC)C(CN)c1cccc(Cl)c1F. The van der Waals surface area contributed by atoms with E-state index in [1.165, 1.54) is 0 Å². The van der Waals surface area contributed by atoms with E-state index >= 15 is 0 Å². The van der Waals surface area contributed by atoms with Gasteiger partial charge in [0.15, 0.2) is 0 Å². The number of methoxy groups -OCH3 is 1. The van der Waals surface area contributed by atoms with Crippen molar-refractivity contribution in [1.29, 1.82) is 0 Å². The Balaban J connectivity index is 3.13. The molecule has 5 heteroatoms. The first kappa shape index (κ1) is 18.4. The largest absolute Gasteiger partial charge is 0.383 e. The topological polar surface area (TPSA) is 38.5 Å². The maximum absolute atomic E-state index is 14.3. The smallest absolute Gasteiger partial charge is 0.146 e. The maximum atomic E-state index is 14.3. The Kier molecular flexibility index (Phi) is 8.19. The van der Waals surface area contributed by atoms with Crippen LogP contribution in [0.25, 0.3) is 0 Å². The summed E-state index contributed by atoms with van der Waals surface area (Å²) in [5.41, 5.74) is 6.51. The zero-order valence-electron chi connectivity index (χ0n) is 13.1. The summed E-state index contributed by atoms with van der Waals surface area (Å²) in [6.07, 6.45) is 1.97. The number of halogens is 2. The Labute approximate surface area is 132 Å². The van der Waals surface area contributed by atoms with Crippen LogP contribution in [0, 0.1) is 5.82 Å². The van der Waals surface area contributed by atoms with Crippen LogP contribution in [-0.4, -0.2) is 37.7 Å². The van der Waals surface area contributed by atoms with Crippen LogP contribution in [-0.2, 0) is 4.74 Å². The first-order valence-electron chi connectivity index (χ1n) is 7.49. The molecule has 0 radical (unpaired) electrons. The summed E-state index contributed by atoms with van der Waals surface area (Å²) in [7, 11) is 1.67. The maximum Gasteiger partial charge on any atom is 0.146 e. The minimum atomic E-state index is -0.372. The predicted octanol–water partition coefficient (Wildman–Crippen LogP) is 3.62. The van der Waals surface area contributed by atoms with Crippen molar-refractivity contribution in [2.24, 2.45) is 5.73 Å². The number of rotatable bonds is 9. The van der Waals surface area contributed by atoms with Gasteiger partial charge in [0.05, 0.1) is 17.7 Å². The van der Waals surface area contributed by atoms with E-state index in [1.807, 2.05) is 0 Å². The molecule has 0 heterocycles. The van der Waals surface area contributed by atoms with Gasteiger partial charge in [0.25, 0.3) is 0 Å². The lowest BCUT2D eigenvalue weighted by molar-refractivity contribution is 0.0803. The molecule has 1 aromatic carbocycles. The van der Waals surface area contributed by atoms with Crippen molar-refractivity contribution in [3.63, 3.8) is 0 Å². The molecule has 0 aliphatic carbocycles. The summed E-state index contributed by atoms with van der Waals surface area (Å²) < 4.78 is 19.5. The molecule has 0 fully saturated rings. The van der Waals surface area contributed by atoms with Crippen molar-refractivity contribution in [3.05, 3.63) is 34.6 Å². The fourth-order valence-corrected chi connectivity index (χ4v) is 2.95. The van der Waals surface area contributed by atoms with Crippen LogP contribution in [0.3, 0.4) is 0 Å². The number of nitrogens with zero attached hydrogens (tertiary/aromatic N) is 1. The lowest BCUT2D eigenvalue weighted by atomic mass is 10.0. The summed E-state index contributed by atoms with van der Waals surface area (Å²) in [6, 6.07) is 5.24. The highest BCUT2D eigenvalue weighted by atomic mass is 35.5. The third-order valence-electron chi connectivity index (χ3n) is 3.93. The minimum Gasteiger partial charge on any atom is -0.383 e. The van der Waals surface area contributed by atoms with Gasteiger partial charge in [-0.1, -0.05) is 37.6 Å². The van der Waals surface area contributed by atoms with Crippen LogP contribution in [0.2, 0.25) is 5.02 Å². The molecule has 0 aliphatic rings. The van der Waals surface area contributed by atoms with E-state index in [4.69, 9.17) is 22.1 Å². The zero-order chi connectivity index (χ0) is 15.8. The van der Waals surface area contributed by atoms with Gasteiger partial charge in [0.1, 0.15) is 5.82 Å². The molecule has 0 saturated carbocycles. The molecule has 1 rings (SSSR count). The van der Waals surface area contributed by atoms with Crippen molar-refractivity contribution in [1.82, 2.24) is 4.90 Å². The molecule has 1 aromatic rings. The van der Waals surface area contributed by atoms with E-state index in [0.717, 1.165) is 19.4 Å². The van der Waals surface area contributed by atoms with Crippen LogP contribution in [0.4, 0.5) is 4.39 Å². The number of benzene rings is 1. The van der Waals surface area contributed by atoms with E-state index in [0.29, 0.717) is 24.8 Å². The molecule has 1 atom stereocenters. The van der Waals surface area contributed by atoms with Gasteiger partial charge >= 0.3 is 0 Å². The van der Waals surface area contributed by atoms with Gasteiger partial charge in [-0.3, -0.25) is 4.90 Å². The van der Waals surface area contributed by atoms with Gasteiger partial charge in [-0.15, -0.1) is 0 Å². The molecule has 0 aromatic heterocycles. The molecule has 21 heavy (non-hydrogen) atoms. The molecule has 0 spiro atoms. The van der Waals surface area contributed by atoms with Gasteiger partial charge in [0, 0.05) is 31.8 Å². The Morgan fingerprint density at radius 1 is 1.33 bits per heavy atom. The summed E-state index contributed by atoms with van der Waals surface area (Å²) in [4.78, 5) is 2.23. The Morgan fingerprint density at radius 3 is 2.52 bits per heavy atom. The molecule has 0 saturated heterocycles. The van der Waals surface area contributed by atoms with Crippen LogP contribution in [0.1, 0.15) is 38.3 Å². The Morgan fingerprint density at radius 2 is 2.00 bits per heavy atom. The summed E-state index contributed by atoms with van der Waals surface area (Å²) in [5.74, 6) is -0.372. The Bertz CT molecular complexity index is 427. The lowest BCUT2D eigenvalue weighted by Crippen LogP contribution is -2.43. The molecule has 0 amide bonds. The second kappa shape index (κ2) is 9.36. The number of hydrogen-bond acceptors (Lipinski definition) is 3. The van der Waals surface area contributed by atoms with Gasteiger partial charge in [0.2, 0.25) is 0 Å². The molecule has 0 aliphatic heterocycles. The fraction of sp³-hybridized carbons (Fsp3) is 0.625. The third kappa shape index (κ3) is 4.65. The highest BCUT2D eigenvalue weighted by molar-refractivity contribution is 6.30.